The molecule has 0 unspecified atom stereocenters. The van der Waals surface area contributed by atoms with Gasteiger partial charge >= 0.3 is 0 Å². The monoisotopic (exact) mass is 474 g/mol. The van der Waals surface area contributed by atoms with Crippen molar-refractivity contribution in [2.45, 2.75) is 73.1 Å². The molecule has 1 heterocycles. The molecule has 0 atom stereocenters. The largest absolute Gasteiger partial charge is 0.333 e. The second kappa shape index (κ2) is 11.2. The summed E-state index contributed by atoms with van der Waals surface area (Å²) in [4.78, 5) is 27.8. The maximum Gasteiger partial charge on any atom is 0.245 e. The SMILES string of the molecule is CCCCCN(CC(=O)Nc1cc(C(C)(C)C)nn1-c1ccccc1C)C(=O)C(C)(C)CCl. The number of hydrogen-bond donors (Lipinski definition) is 1. The minimum absolute atomic E-state index is 0.0212. The number of aryl methyl sites for hydroxylation is 1. The Morgan fingerprint density at radius 3 is 2.36 bits per heavy atom. The predicted molar refractivity (Wildman–Crippen MR) is 136 cm³/mol. The van der Waals surface area contributed by atoms with Crippen LogP contribution in [-0.2, 0) is 15.0 Å². The molecule has 0 spiro atoms. The van der Waals surface area contributed by atoms with Crippen LogP contribution in [0, 0.1) is 12.3 Å². The molecule has 0 radical (unpaired) electrons. The molecule has 1 N–H and O–H groups in total. The molecule has 6 nitrogen and oxygen atoms in total. The van der Waals surface area contributed by atoms with Crippen LogP contribution in [0.2, 0.25) is 0 Å². The van der Waals surface area contributed by atoms with Gasteiger partial charge in [0, 0.05) is 23.9 Å². The molecule has 0 bridgehead atoms. The van der Waals surface area contributed by atoms with Crippen molar-refractivity contribution in [3.05, 3.63) is 41.6 Å². The van der Waals surface area contributed by atoms with Gasteiger partial charge in [-0.15, -0.1) is 11.6 Å². The number of aromatic nitrogens is 2. The molecule has 0 aliphatic heterocycles. The van der Waals surface area contributed by atoms with E-state index in [1.165, 1.54) is 0 Å². The minimum Gasteiger partial charge on any atom is -0.333 e. The van der Waals surface area contributed by atoms with Crippen molar-refractivity contribution in [2.75, 3.05) is 24.3 Å². The van der Waals surface area contributed by atoms with Gasteiger partial charge in [0.05, 0.1) is 23.3 Å². The first kappa shape index (κ1) is 26.9. The maximum atomic E-state index is 13.1. The number of benzene rings is 1. The third-order valence-electron chi connectivity index (χ3n) is 5.66. The number of anilines is 1. The third kappa shape index (κ3) is 7.07. The molecule has 33 heavy (non-hydrogen) atoms. The Morgan fingerprint density at radius 2 is 1.79 bits per heavy atom. The van der Waals surface area contributed by atoms with Crippen LogP contribution in [0.1, 0.15) is 72.1 Å². The van der Waals surface area contributed by atoms with E-state index in [4.69, 9.17) is 16.7 Å². The predicted octanol–water partition coefficient (Wildman–Crippen LogP) is 5.70. The van der Waals surface area contributed by atoms with Crippen LogP contribution in [0.3, 0.4) is 0 Å². The Bertz CT molecular complexity index is 959. The third-order valence-corrected chi connectivity index (χ3v) is 6.32. The van der Waals surface area contributed by atoms with Crippen molar-refractivity contribution >= 4 is 29.2 Å². The molecule has 0 fully saturated rings. The molecule has 0 aliphatic rings. The van der Waals surface area contributed by atoms with Crippen LogP contribution >= 0.6 is 11.6 Å². The fourth-order valence-electron chi connectivity index (χ4n) is 3.47. The van der Waals surface area contributed by atoms with E-state index in [-0.39, 0.29) is 29.7 Å². The number of rotatable bonds is 10. The summed E-state index contributed by atoms with van der Waals surface area (Å²) in [5, 5.41) is 7.81. The van der Waals surface area contributed by atoms with Crippen LogP contribution in [-0.4, -0.2) is 45.5 Å². The number of unbranched alkanes of at least 4 members (excludes halogenated alkanes) is 2. The van der Waals surface area contributed by atoms with Crippen LogP contribution in [0.4, 0.5) is 5.82 Å². The first-order valence-corrected chi connectivity index (χ1v) is 12.3. The molecule has 0 saturated heterocycles. The van der Waals surface area contributed by atoms with Crippen LogP contribution in [0.5, 0.6) is 0 Å². The summed E-state index contributed by atoms with van der Waals surface area (Å²) in [5.41, 5.74) is 1.93. The van der Waals surface area contributed by atoms with Gasteiger partial charge in [-0.05, 0) is 38.8 Å². The number of halogens is 1. The van der Waals surface area contributed by atoms with Crippen LogP contribution in [0.15, 0.2) is 30.3 Å². The Balaban J connectivity index is 2.32. The van der Waals surface area contributed by atoms with Crippen molar-refractivity contribution in [1.82, 2.24) is 14.7 Å². The van der Waals surface area contributed by atoms with E-state index in [1.807, 2.05) is 51.1 Å². The van der Waals surface area contributed by atoms with E-state index in [9.17, 15) is 9.59 Å². The Hall–Kier alpha value is -2.34. The molecule has 0 aliphatic carbocycles. The average molecular weight is 475 g/mol. The first-order valence-electron chi connectivity index (χ1n) is 11.7. The fourth-order valence-corrected chi connectivity index (χ4v) is 3.58. The van der Waals surface area contributed by atoms with Gasteiger partial charge in [-0.1, -0.05) is 58.7 Å². The summed E-state index contributed by atoms with van der Waals surface area (Å²) in [6.45, 7) is 14.5. The molecule has 7 heteroatoms. The maximum absolute atomic E-state index is 13.1. The second-order valence-corrected chi connectivity index (χ2v) is 10.6. The van der Waals surface area contributed by atoms with Crippen molar-refractivity contribution < 1.29 is 9.59 Å². The highest BCUT2D eigenvalue weighted by atomic mass is 35.5. The number of carbonyl (C=O) groups excluding carboxylic acids is 2. The number of alkyl halides is 1. The molecule has 2 amide bonds. The molecule has 1 aromatic heterocycles. The van der Waals surface area contributed by atoms with Crippen molar-refractivity contribution in [2.24, 2.45) is 5.41 Å². The lowest BCUT2D eigenvalue weighted by molar-refractivity contribution is -0.141. The smallest absolute Gasteiger partial charge is 0.245 e. The van der Waals surface area contributed by atoms with Crippen molar-refractivity contribution in [1.29, 1.82) is 0 Å². The van der Waals surface area contributed by atoms with Gasteiger partial charge in [0.25, 0.3) is 0 Å². The second-order valence-electron chi connectivity index (χ2n) is 10.4. The van der Waals surface area contributed by atoms with Gasteiger partial charge in [0.15, 0.2) is 0 Å². The summed E-state index contributed by atoms with van der Waals surface area (Å²) < 4.78 is 1.78. The normalized spacial score (nSPS) is 12.0. The molecule has 1 aromatic carbocycles. The Kier molecular flexibility index (Phi) is 9.12. The van der Waals surface area contributed by atoms with Crippen molar-refractivity contribution in [3.8, 4) is 5.69 Å². The summed E-state index contributed by atoms with van der Waals surface area (Å²) in [6, 6.07) is 9.84. The molecule has 2 rings (SSSR count). The lowest BCUT2D eigenvalue weighted by Gasteiger charge is -2.30. The lowest BCUT2D eigenvalue weighted by Crippen LogP contribution is -2.46. The lowest BCUT2D eigenvalue weighted by atomic mass is 9.92. The number of amides is 2. The minimum atomic E-state index is -0.726. The summed E-state index contributed by atoms with van der Waals surface area (Å²) in [7, 11) is 0. The first-order chi connectivity index (χ1) is 15.4. The zero-order valence-electron chi connectivity index (χ0n) is 21.2. The molecule has 2 aromatic rings. The number of para-hydroxylation sites is 1. The summed E-state index contributed by atoms with van der Waals surface area (Å²) in [5.74, 6) is 0.441. The standard InChI is InChI=1S/C26H39ClN4O2/c1-8-9-12-15-30(24(33)26(6,7)18-27)17-23(32)28-22-16-21(25(3,4)5)29-31(22)20-14-11-10-13-19(20)2/h10-11,13-14,16H,8-9,12,15,17-18H2,1-7H3,(H,28,32). The zero-order chi connectivity index (χ0) is 24.8. The summed E-state index contributed by atoms with van der Waals surface area (Å²) in [6.07, 6.45) is 2.89. The fraction of sp³-hybridized carbons (Fsp3) is 0.577. The zero-order valence-corrected chi connectivity index (χ0v) is 21.9. The van der Waals surface area contributed by atoms with Crippen molar-refractivity contribution in [3.63, 3.8) is 0 Å². The summed E-state index contributed by atoms with van der Waals surface area (Å²) >= 11 is 6.05. The molecular weight excluding hydrogens is 436 g/mol. The number of nitrogens with one attached hydrogen (secondary N) is 1. The van der Waals surface area contributed by atoms with Gasteiger partial charge in [-0.2, -0.15) is 5.10 Å². The molecule has 0 saturated carbocycles. The van der Waals surface area contributed by atoms with E-state index >= 15 is 0 Å². The van der Waals surface area contributed by atoms with E-state index in [0.29, 0.717) is 12.4 Å². The molecular formula is C26H39ClN4O2. The van der Waals surface area contributed by atoms with Crippen LogP contribution < -0.4 is 5.32 Å². The number of hydrogen-bond acceptors (Lipinski definition) is 3. The quantitative estimate of drug-likeness (QED) is 0.354. The highest BCUT2D eigenvalue weighted by molar-refractivity contribution is 6.19. The Morgan fingerprint density at radius 1 is 1.12 bits per heavy atom. The number of carbonyl (C=O) groups is 2. The van der Waals surface area contributed by atoms with Gasteiger partial charge in [0.1, 0.15) is 5.82 Å². The average Bonchev–Trinajstić information content (AvgIpc) is 3.16. The highest BCUT2D eigenvalue weighted by Gasteiger charge is 2.32. The van der Waals surface area contributed by atoms with E-state index < -0.39 is 5.41 Å². The van der Waals surface area contributed by atoms with Gasteiger partial charge < -0.3 is 10.2 Å². The Labute approximate surface area is 203 Å². The number of nitrogens with zero attached hydrogens (tertiary/aromatic N) is 3. The topological polar surface area (TPSA) is 67.2 Å². The molecule has 182 valence electrons. The van der Waals surface area contributed by atoms with E-state index in [0.717, 1.165) is 36.2 Å². The van der Waals surface area contributed by atoms with Gasteiger partial charge in [-0.3, -0.25) is 9.59 Å². The van der Waals surface area contributed by atoms with Crippen LogP contribution in [0.25, 0.3) is 5.69 Å². The van der Waals surface area contributed by atoms with Gasteiger partial charge in [0.2, 0.25) is 11.8 Å². The van der Waals surface area contributed by atoms with Gasteiger partial charge in [-0.25, -0.2) is 4.68 Å². The van der Waals surface area contributed by atoms with E-state index in [2.05, 4.69) is 33.0 Å². The van der Waals surface area contributed by atoms with E-state index in [1.54, 1.807) is 9.58 Å². The highest BCUT2D eigenvalue weighted by Crippen LogP contribution is 2.27.